The molecule has 2 N–H and O–H groups in total. The van der Waals surface area contributed by atoms with Gasteiger partial charge in [0, 0.05) is 24.4 Å². The first kappa shape index (κ1) is 22.6. The minimum Gasteiger partial charge on any atom is -0.366 e. The quantitative estimate of drug-likeness (QED) is 0.364. The van der Waals surface area contributed by atoms with Crippen molar-refractivity contribution >= 4 is 38.6 Å². The third kappa shape index (κ3) is 4.48. The Morgan fingerprint density at radius 2 is 1.78 bits per heavy atom. The van der Waals surface area contributed by atoms with Gasteiger partial charge in [0.05, 0.1) is 21.5 Å². The van der Waals surface area contributed by atoms with Crippen molar-refractivity contribution in [2.45, 2.75) is 51.1 Å². The highest BCUT2D eigenvalue weighted by atomic mass is 79.9. The predicted octanol–water partition coefficient (Wildman–Crippen LogP) is 6.56. The summed E-state index contributed by atoms with van der Waals surface area (Å²) in [6.45, 7) is 3.28. The first-order valence-corrected chi connectivity index (χ1v) is 10.7. The highest BCUT2D eigenvalue weighted by Gasteiger charge is 2.45. The van der Waals surface area contributed by atoms with E-state index >= 15 is 0 Å². The normalized spacial score (nSPS) is 16.8. The van der Waals surface area contributed by atoms with E-state index in [2.05, 4.69) is 41.5 Å². The van der Waals surface area contributed by atoms with Crippen LogP contribution in [0.4, 0.5) is 33.6 Å². The predicted molar refractivity (Wildman–Crippen MR) is 115 cm³/mol. The van der Waals surface area contributed by atoms with Gasteiger partial charge in [-0.2, -0.15) is 0 Å². The molecular weight excluding hydrogens is 497 g/mol. The molecule has 1 aliphatic carbocycles. The Kier molecular flexibility index (Phi) is 5.95. The molecule has 0 unspecified atom stereocenters. The van der Waals surface area contributed by atoms with Crippen LogP contribution in [0.5, 0.6) is 0 Å². The van der Waals surface area contributed by atoms with E-state index in [-0.39, 0.29) is 18.4 Å². The second kappa shape index (κ2) is 8.42. The molecule has 1 saturated carbocycles. The van der Waals surface area contributed by atoms with E-state index in [1.807, 2.05) is 0 Å². The molecule has 0 aliphatic heterocycles. The average Bonchev–Trinajstić information content (AvgIpc) is 2.67. The fourth-order valence-electron chi connectivity index (χ4n) is 3.66. The van der Waals surface area contributed by atoms with E-state index in [4.69, 9.17) is 0 Å². The smallest absolute Gasteiger partial charge is 0.266 e. The number of benzene rings is 1. The van der Waals surface area contributed by atoms with Crippen LogP contribution < -0.4 is 10.6 Å². The monoisotopic (exact) mass is 515 g/mol. The number of nitrogens with zero attached hydrogens (tertiary/aromatic N) is 3. The van der Waals surface area contributed by atoms with Gasteiger partial charge in [-0.05, 0) is 35.8 Å². The van der Waals surface area contributed by atoms with Gasteiger partial charge in [-0.25, -0.2) is 36.9 Å². The number of alkyl halides is 4. The zero-order chi connectivity index (χ0) is 23.2. The number of aromatic nitrogens is 3. The molecule has 2 heterocycles. The Morgan fingerprint density at radius 3 is 2.44 bits per heavy atom. The number of hydrogen-bond acceptors (Lipinski definition) is 5. The molecule has 1 aliphatic rings. The second-order valence-electron chi connectivity index (χ2n) is 7.83. The molecular formula is C21H19BrF5N5. The topological polar surface area (TPSA) is 62.7 Å². The summed E-state index contributed by atoms with van der Waals surface area (Å²) in [5.74, 6) is -2.53. The third-order valence-electron chi connectivity index (χ3n) is 5.30. The lowest BCUT2D eigenvalue weighted by molar-refractivity contribution is -0.0794. The number of aryl methyl sites for hydroxylation is 1. The minimum absolute atomic E-state index is 0.0726. The van der Waals surface area contributed by atoms with Crippen molar-refractivity contribution in [2.24, 2.45) is 0 Å². The van der Waals surface area contributed by atoms with E-state index < -0.39 is 35.8 Å². The summed E-state index contributed by atoms with van der Waals surface area (Å²) in [5.41, 5.74) is -0.282. The van der Waals surface area contributed by atoms with Crippen molar-refractivity contribution in [3.05, 3.63) is 51.5 Å². The highest BCUT2D eigenvalue weighted by molar-refractivity contribution is 9.10. The molecule has 170 valence electrons. The van der Waals surface area contributed by atoms with Crippen LogP contribution in [0, 0.1) is 12.7 Å². The molecule has 3 aromatic rings. The van der Waals surface area contributed by atoms with Crippen LogP contribution in [-0.4, -0.2) is 26.9 Å². The zero-order valence-corrected chi connectivity index (χ0v) is 18.7. The van der Waals surface area contributed by atoms with Crippen molar-refractivity contribution in [1.29, 1.82) is 0 Å². The Morgan fingerprint density at radius 1 is 1.09 bits per heavy atom. The summed E-state index contributed by atoms with van der Waals surface area (Å²) in [5, 5.41) is 6.54. The van der Waals surface area contributed by atoms with Crippen LogP contribution in [0.25, 0.3) is 11.0 Å². The molecule has 1 atom stereocenters. The van der Waals surface area contributed by atoms with E-state index in [1.54, 1.807) is 19.9 Å². The van der Waals surface area contributed by atoms with Gasteiger partial charge in [-0.15, -0.1) is 0 Å². The number of hydrogen-bond donors (Lipinski definition) is 2. The van der Waals surface area contributed by atoms with Gasteiger partial charge in [-0.3, -0.25) is 0 Å². The van der Waals surface area contributed by atoms with E-state index in [9.17, 15) is 22.0 Å². The Bertz CT molecular complexity index is 1170. The Labute approximate surface area is 189 Å². The maximum atomic E-state index is 14.6. The van der Waals surface area contributed by atoms with Gasteiger partial charge in [0.25, 0.3) is 12.3 Å². The Balaban J connectivity index is 1.65. The summed E-state index contributed by atoms with van der Waals surface area (Å²) in [4.78, 5) is 13.1. The summed E-state index contributed by atoms with van der Waals surface area (Å²) in [6.07, 6.45) is -3.46. The lowest BCUT2D eigenvalue weighted by atomic mass is 9.88. The van der Waals surface area contributed by atoms with Crippen molar-refractivity contribution in [3.8, 4) is 0 Å². The minimum atomic E-state index is -2.93. The van der Waals surface area contributed by atoms with Crippen LogP contribution in [0.3, 0.4) is 0 Å². The molecule has 11 heteroatoms. The van der Waals surface area contributed by atoms with Gasteiger partial charge in [0.1, 0.15) is 23.3 Å². The molecule has 0 spiro atoms. The molecule has 0 amide bonds. The number of halogens is 6. The van der Waals surface area contributed by atoms with E-state index in [1.165, 1.54) is 12.1 Å². The number of anilines is 2. The third-order valence-corrected chi connectivity index (χ3v) is 5.90. The molecule has 0 saturated heterocycles. The molecule has 0 radical (unpaired) electrons. The van der Waals surface area contributed by atoms with E-state index in [0.29, 0.717) is 33.0 Å². The SMILES string of the molecule is Cc1nc(N[C@H](C)c2cccc(C(F)F)c2F)c2cc(Br)c(NC3CC(F)(F)C3)nc2n1. The van der Waals surface area contributed by atoms with Crippen molar-refractivity contribution in [3.63, 3.8) is 0 Å². The Hall–Kier alpha value is -2.56. The molecule has 4 rings (SSSR count). The van der Waals surface area contributed by atoms with Gasteiger partial charge in [0.15, 0.2) is 5.65 Å². The summed E-state index contributed by atoms with van der Waals surface area (Å²) < 4.78 is 67.5. The fraction of sp³-hybridized carbons (Fsp3) is 0.381. The number of pyridine rings is 1. The first-order valence-electron chi connectivity index (χ1n) is 9.86. The molecule has 0 bridgehead atoms. The van der Waals surface area contributed by atoms with Crippen molar-refractivity contribution < 1.29 is 22.0 Å². The fourth-order valence-corrected chi connectivity index (χ4v) is 4.09. The van der Waals surface area contributed by atoms with Crippen molar-refractivity contribution in [1.82, 2.24) is 15.0 Å². The van der Waals surface area contributed by atoms with Crippen LogP contribution in [0.2, 0.25) is 0 Å². The zero-order valence-electron chi connectivity index (χ0n) is 17.1. The lowest BCUT2D eigenvalue weighted by Crippen LogP contribution is -2.44. The maximum Gasteiger partial charge on any atom is 0.266 e. The molecule has 1 fully saturated rings. The van der Waals surface area contributed by atoms with Gasteiger partial charge >= 0.3 is 0 Å². The number of rotatable bonds is 6. The van der Waals surface area contributed by atoms with Gasteiger partial charge in [-0.1, -0.05) is 18.2 Å². The molecule has 5 nitrogen and oxygen atoms in total. The summed E-state index contributed by atoms with van der Waals surface area (Å²) >= 11 is 3.39. The highest BCUT2D eigenvalue weighted by Crippen LogP contribution is 2.40. The average molecular weight is 516 g/mol. The maximum absolute atomic E-state index is 14.6. The van der Waals surface area contributed by atoms with Gasteiger partial charge < -0.3 is 10.6 Å². The second-order valence-corrected chi connectivity index (χ2v) is 8.69. The lowest BCUT2D eigenvalue weighted by Gasteiger charge is -2.35. The van der Waals surface area contributed by atoms with Crippen LogP contribution in [0.15, 0.2) is 28.7 Å². The number of fused-ring (bicyclic) bond motifs is 1. The van der Waals surface area contributed by atoms with Crippen LogP contribution >= 0.6 is 15.9 Å². The molecule has 2 aromatic heterocycles. The standard InChI is InChI=1S/C21H19BrF5N5/c1-9(12-4-3-5-13(16(12)23)17(24)25)28-18-14-6-15(22)20(31-11-7-21(26,27)8-11)32-19(14)30-10(2)29-18/h3-6,9,11,17H,7-8H2,1-2H3,(H2,28,29,30,31,32)/t9-/m1/s1. The van der Waals surface area contributed by atoms with Crippen LogP contribution in [0.1, 0.15) is 49.2 Å². The van der Waals surface area contributed by atoms with Crippen molar-refractivity contribution in [2.75, 3.05) is 10.6 Å². The largest absolute Gasteiger partial charge is 0.366 e. The summed E-state index contributed by atoms with van der Waals surface area (Å²) in [7, 11) is 0. The van der Waals surface area contributed by atoms with E-state index in [0.717, 1.165) is 6.07 Å². The first-order chi connectivity index (χ1) is 15.0. The molecule has 32 heavy (non-hydrogen) atoms. The molecule has 1 aromatic carbocycles. The number of nitrogens with one attached hydrogen (secondary N) is 2. The van der Waals surface area contributed by atoms with Crippen LogP contribution in [-0.2, 0) is 0 Å². The van der Waals surface area contributed by atoms with Gasteiger partial charge in [0.2, 0.25) is 0 Å². The summed E-state index contributed by atoms with van der Waals surface area (Å²) in [6, 6.07) is 4.47.